The fourth-order valence-corrected chi connectivity index (χ4v) is 1.60. The minimum Gasteiger partial charge on any atom is -0.497 e. The second-order valence-corrected chi connectivity index (χ2v) is 3.90. The molecule has 1 atom stereocenters. The molecule has 0 fully saturated rings. The Morgan fingerprint density at radius 1 is 1.25 bits per heavy atom. The zero-order chi connectivity index (χ0) is 11.8. The molecular weight excluding hydrogens is 198 g/mol. The normalized spacial score (nSPS) is 12.9. The maximum Gasteiger partial charge on any atom is 0.118 e. The second kappa shape index (κ2) is 7.04. The molecule has 0 bridgehead atoms. The smallest absolute Gasteiger partial charge is 0.118 e. The lowest BCUT2D eigenvalue weighted by Gasteiger charge is -2.07. The Morgan fingerprint density at radius 3 is 2.44 bits per heavy atom. The van der Waals surface area contributed by atoms with E-state index in [0.717, 1.165) is 17.7 Å². The highest BCUT2D eigenvalue weighted by atomic mass is 16.5. The van der Waals surface area contributed by atoms with E-state index < -0.39 is 0 Å². The van der Waals surface area contributed by atoms with Gasteiger partial charge in [-0.2, -0.15) is 0 Å². The summed E-state index contributed by atoms with van der Waals surface area (Å²) in [5, 5.41) is 0. The largest absolute Gasteiger partial charge is 0.497 e. The summed E-state index contributed by atoms with van der Waals surface area (Å²) in [6.45, 7) is 4.39. The van der Waals surface area contributed by atoms with Crippen molar-refractivity contribution in [3.05, 3.63) is 29.8 Å². The number of hydrogen-bond acceptors (Lipinski definition) is 2. The average molecular weight is 219 g/mol. The summed E-state index contributed by atoms with van der Waals surface area (Å²) in [6.07, 6.45) is 5.44. The third-order valence-corrected chi connectivity index (χ3v) is 2.64. The Morgan fingerprint density at radius 2 is 1.94 bits per heavy atom. The van der Waals surface area contributed by atoms with Gasteiger partial charge in [-0.1, -0.05) is 20.3 Å². The van der Waals surface area contributed by atoms with Crippen LogP contribution in [-0.4, -0.2) is 19.4 Å². The second-order valence-electron chi connectivity index (χ2n) is 3.90. The summed E-state index contributed by atoms with van der Waals surface area (Å²) >= 11 is 0. The van der Waals surface area contributed by atoms with Crippen molar-refractivity contribution in [3.8, 4) is 5.75 Å². The van der Waals surface area contributed by atoms with E-state index in [1.807, 2.05) is 30.5 Å². The van der Waals surface area contributed by atoms with Crippen molar-refractivity contribution in [2.75, 3.05) is 7.11 Å². The van der Waals surface area contributed by atoms with Crippen molar-refractivity contribution < 1.29 is 4.74 Å². The number of methoxy groups -OCH3 is 1. The highest BCUT2D eigenvalue weighted by Crippen LogP contribution is 2.11. The average Bonchev–Trinajstić information content (AvgIpc) is 2.35. The van der Waals surface area contributed by atoms with E-state index in [4.69, 9.17) is 4.74 Å². The molecular formula is C14H21NO. The van der Waals surface area contributed by atoms with Crippen molar-refractivity contribution in [1.82, 2.24) is 0 Å². The van der Waals surface area contributed by atoms with Crippen molar-refractivity contribution in [2.24, 2.45) is 4.99 Å². The van der Waals surface area contributed by atoms with Crippen LogP contribution in [0, 0.1) is 0 Å². The van der Waals surface area contributed by atoms with Gasteiger partial charge in [0.05, 0.1) is 7.11 Å². The summed E-state index contributed by atoms with van der Waals surface area (Å²) in [4.78, 5) is 4.59. The quantitative estimate of drug-likeness (QED) is 0.669. The highest BCUT2D eigenvalue weighted by molar-refractivity contribution is 5.79. The standard InChI is InChI=1S/C14H21NO/c1-4-6-13(5-2)15-11-12-7-9-14(16-3)10-8-12/h7-11,13H,4-6H2,1-3H3. The molecule has 1 unspecified atom stereocenters. The van der Waals surface area contributed by atoms with Crippen LogP contribution in [0.3, 0.4) is 0 Å². The molecule has 0 saturated carbocycles. The Bertz CT molecular complexity index is 316. The summed E-state index contributed by atoms with van der Waals surface area (Å²) in [7, 11) is 1.68. The van der Waals surface area contributed by atoms with Crippen LogP contribution < -0.4 is 4.74 Å². The molecule has 0 amide bonds. The minimum absolute atomic E-state index is 0.465. The molecule has 0 spiro atoms. The van der Waals surface area contributed by atoms with E-state index in [1.54, 1.807) is 7.11 Å². The molecule has 1 rings (SSSR count). The third kappa shape index (κ3) is 4.05. The molecule has 0 aliphatic carbocycles. The van der Waals surface area contributed by atoms with Gasteiger partial charge in [-0.15, -0.1) is 0 Å². The van der Waals surface area contributed by atoms with Crippen LogP contribution in [0.15, 0.2) is 29.3 Å². The van der Waals surface area contributed by atoms with Crippen LogP contribution >= 0.6 is 0 Å². The van der Waals surface area contributed by atoms with Gasteiger partial charge in [-0.05, 0) is 42.7 Å². The Hall–Kier alpha value is -1.31. The summed E-state index contributed by atoms with van der Waals surface area (Å²) < 4.78 is 5.11. The summed E-state index contributed by atoms with van der Waals surface area (Å²) in [5.41, 5.74) is 1.13. The Labute approximate surface area is 98.4 Å². The van der Waals surface area contributed by atoms with Gasteiger partial charge in [0.2, 0.25) is 0 Å². The molecule has 1 aromatic rings. The van der Waals surface area contributed by atoms with Crippen LogP contribution in [0.25, 0.3) is 0 Å². The molecule has 0 radical (unpaired) electrons. The molecule has 0 aromatic heterocycles. The van der Waals surface area contributed by atoms with Gasteiger partial charge in [0, 0.05) is 12.3 Å². The molecule has 16 heavy (non-hydrogen) atoms. The molecule has 0 saturated heterocycles. The first kappa shape index (κ1) is 12.8. The Balaban J connectivity index is 2.60. The number of aliphatic imine (C=N–C) groups is 1. The lowest BCUT2D eigenvalue weighted by molar-refractivity contribution is 0.415. The van der Waals surface area contributed by atoms with E-state index in [2.05, 4.69) is 18.8 Å². The van der Waals surface area contributed by atoms with Crippen LogP contribution in [0.4, 0.5) is 0 Å². The molecule has 0 heterocycles. The number of benzene rings is 1. The Kier molecular flexibility index (Phi) is 5.62. The van der Waals surface area contributed by atoms with E-state index in [1.165, 1.54) is 12.8 Å². The van der Waals surface area contributed by atoms with Crippen molar-refractivity contribution in [3.63, 3.8) is 0 Å². The topological polar surface area (TPSA) is 21.6 Å². The highest BCUT2D eigenvalue weighted by Gasteiger charge is 2.00. The predicted octanol–water partition coefficient (Wildman–Crippen LogP) is 3.69. The van der Waals surface area contributed by atoms with Gasteiger partial charge in [-0.25, -0.2) is 0 Å². The first-order valence-electron chi connectivity index (χ1n) is 5.97. The van der Waals surface area contributed by atoms with Crippen LogP contribution in [0.1, 0.15) is 38.7 Å². The van der Waals surface area contributed by atoms with E-state index in [9.17, 15) is 0 Å². The van der Waals surface area contributed by atoms with Gasteiger partial charge >= 0.3 is 0 Å². The number of rotatable bonds is 6. The maximum atomic E-state index is 5.11. The van der Waals surface area contributed by atoms with Crippen molar-refractivity contribution in [1.29, 1.82) is 0 Å². The summed E-state index contributed by atoms with van der Waals surface area (Å²) in [6, 6.07) is 8.44. The summed E-state index contributed by atoms with van der Waals surface area (Å²) in [5.74, 6) is 0.887. The molecule has 1 aromatic carbocycles. The molecule has 2 nitrogen and oxygen atoms in total. The van der Waals surface area contributed by atoms with Gasteiger partial charge < -0.3 is 4.74 Å². The maximum absolute atomic E-state index is 5.11. The number of hydrogen-bond donors (Lipinski definition) is 0. The van der Waals surface area contributed by atoms with Gasteiger partial charge in [0.15, 0.2) is 0 Å². The fourth-order valence-electron chi connectivity index (χ4n) is 1.60. The van der Waals surface area contributed by atoms with Crippen LogP contribution in [0.2, 0.25) is 0 Å². The lowest BCUT2D eigenvalue weighted by Crippen LogP contribution is -2.02. The third-order valence-electron chi connectivity index (χ3n) is 2.64. The van der Waals surface area contributed by atoms with Crippen molar-refractivity contribution >= 4 is 6.21 Å². The van der Waals surface area contributed by atoms with Gasteiger partial charge in [0.1, 0.15) is 5.75 Å². The van der Waals surface area contributed by atoms with E-state index in [0.29, 0.717) is 6.04 Å². The van der Waals surface area contributed by atoms with E-state index in [-0.39, 0.29) is 0 Å². The zero-order valence-electron chi connectivity index (χ0n) is 10.4. The molecule has 2 heteroatoms. The fraction of sp³-hybridized carbons (Fsp3) is 0.500. The molecule has 0 aliphatic rings. The molecule has 0 N–H and O–H groups in total. The predicted molar refractivity (Wildman–Crippen MR) is 69.6 cm³/mol. The first-order chi connectivity index (χ1) is 7.80. The zero-order valence-corrected chi connectivity index (χ0v) is 10.4. The van der Waals surface area contributed by atoms with Gasteiger partial charge in [0.25, 0.3) is 0 Å². The minimum atomic E-state index is 0.465. The number of ether oxygens (including phenoxy) is 1. The van der Waals surface area contributed by atoms with Crippen molar-refractivity contribution in [2.45, 2.75) is 39.2 Å². The molecule has 0 aliphatic heterocycles. The van der Waals surface area contributed by atoms with Crippen LogP contribution in [-0.2, 0) is 0 Å². The molecule has 88 valence electrons. The first-order valence-corrected chi connectivity index (χ1v) is 5.97. The van der Waals surface area contributed by atoms with E-state index >= 15 is 0 Å². The van der Waals surface area contributed by atoms with Crippen LogP contribution in [0.5, 0.6) is 5.75 Å². The monoisotopic (exact) mass is 219 g/mol. The number of nitrogens with zero attached hydrogens (tertiary/aromatic N) is 1. The van der Waals surface area contributed by atoms with Gasteiger partial charge in [-0.3, -0.25) is 4.99 Å². The lowest BCUT2D eigenvalue weighted by atomic mass is 10.1. The SMILES string of the molecule is CCCC(CC)N=Cc1ccc(OC)cc1.